The van der Waals surface area contributed by atoms with Gasteiger partial charge in [-0.25, -0.2) is 9.78 Å². The zero-order chi connectivity index (χ0) is 16.6. The number of methoxy groups -OCH3 is 1. The van der Waals surface area contributed by atoms with Crippen LogP contribution < -0.4 is 10.4 Å². The summed E-state index contributed by atoms with van der Waals surface area (Å²) < 4.78 is 11.3. The van der Waals surface area contributed by atoms with Crippen LogP contribution in [0.5, 0.6) is 11.5 Å². The molecule has 6 heteroatoms. The van der Waals surface area contributed by atoms with Crippen molar-refractivity contribution in [3.05, 3.63) is 62.2 Å². The summed E-state index contributed by atoms with van der Waals surface area (Å²) in [4.78, 5) is 16.5. The lowest BCUT2D eigenvalue weighted by Crippen LogP contribution is -2.11. The molecule has 3 aromatic rings. The molecule has 0 aliphatic heterocycles. The Morgan fingerprint density at radius 1 is 1.35 bits per heavy atom. The molecule has 0 amide bonds. The van der Waals surface area contributed by atoms with E-state index in [-0.39, 0.29) is 5.75 Å². The van der Waals surface area contributed by atoms with Crippen molar-refractivity contribution in [1.29, 1.82) is 0 Å². The number of phenolic OH excluding ortho intramolecular Hbond substituents is 1. The van der Waals surface area contributed by atoms with Gasteiger partial charge in [0.2, 0.25) is 0 Å². The average Bonchev–Trinajstić information content (AvgIpc) is 2.51. The quantitative estimate of drug-likeness (QED) is 0.559. The summed E-state index contributed by atoms with van der Waals surface area (Å²) in [6.45, 7) is 1.87. The fourth-order valence-corrected chi connectivity index (χ4v) is 3.13. The second-order valence-corrected chi connectivity index (χ2v) is 5.90. The molecule has 0 unspecified atom stereocenters. The molecule has 3 rings (SSSR count). The minimum absolute atomic E-state index is 0.0625. The Morgan fingerprint density at radius 2 is 2.13 bits per heavy atom. The fourth-order valence-electron chi connectivity index (χ4n) is 2.59. The van der Waals surface area contributed by atoms with Gasteiger partial charge < -0.3 is 14.3 Å². The van der Waals surface area contributed by atoms with Gasteiger partial charge in [-0.2, -0.15) is 0 Å². The zero-order valence-corrected chi connectivity index (χ0v) is 14.2. The molecule has 1 N–H and O–H groups in total. The van der Waals surface area contributed by atoms with Crippen molar-refractivity contribution in [1.82, 2.24) is 4.98 Å². The van der Waals surface area contributed by atoms with E-state index in [1.807, 2.05) is 13.0 Å². The van der Waals surface area contributed by atoms with Gasteiger partial charge in [0.25, 0.3) is 0 Å². The Labute approximate surface area is 140 Å². The first-order chi connectivity index (χ1) is 11.0. The number of nitrogens with zero attached hydrogens (tertiary/aromatic N) is 1. The van der Waals surface area contributed by atoms with Crippen LogP contribution in [0, 0.1) is 6.92 Å². The van der Waals surface area contributed by atoms with Crippen LogP contribution in [0.25, 0.3) is 11.0 Å². The molecule has 0 spiro atoms. The molecule has 0 saturated heterocycles. The predicted molar refractivity (Wildman–Crippen MR) is 90.2 cm³/mol. The Balaban J connectivity index is 2.16. The van der Waals surface area contributed by atoms with Crippen LogP contribution in [0.1, 0.15) is 16.7 Å². The number of aromatic nitrogens is 1. The van der Waals surface area contributed by atoms with E-state index < -0.39 is 5.63 Å². The highest BCUT2D eigenvalue weighted by Gasteiger charge is 2.16. The van der Waals surface area contributed by atoms with Crippen LogP contribution in [0.15, 0.2) is 44.3 Å². The third kappa shape index (κ3) is 2.82. The van der Waals surface area contributed by atoms with Gasteiger partial charge in [0, 0.05) is 35.2 Å². The molecular formula is C17H14BrNO4. The maximum Gasteiger partial charge on any atom is 0.340 e. The summed E-state index contributed by atoms with van der Waals surface area (Å²) in [5.74, 6) is 0.657. The third-order valence-electron chi connectivity index (χ3n) is 3.78. The lowest BCUT2D eigenvalue weighted by Gasteiger charge is -2.11. The molecule has 2 heterocycles. The highest BCUT2D eigenvalue weighted by molar-refractivity contribution is 9.10. The maximum atomic E-state index is 12.3. The number of pyridine rings is 1. The first kappa shape index (κ1) is 15.6. The van der Waals surface area contributed by atoms with E-state index in [0.29, 0.717) is 27.9 Å². The van der Waals surface area contributed by atoms with Crippen LogP contribution >= 0.6 is 15.9 Å². The largest absolute Gasteiger partial charge is 0.508 e. The fraction of sp³-hybridized carbons (Fsp3) is 0.176. The number of rotatable bonds is 3. The average molecular weight is 376 g/mol. The standard InChI is InChI=1S/C17H14BrNO4/c1-9-12-4-3-11(20)8-14(12)23-17(21)13(9)7-10-5-6-19-16(18)15(10)22-2/h3-6,8,20H,7H2,1-2H3. The van der Waals surface area contributed by atoms with E-state index in [2.05, 4.69) is 20.9 Å². The molecule has 1 aromatic carbocycles. The molecule has 118 valence electrons. The van der Waals surface area contributed by atoms with Crippen LogP contribution in [0.2, 0.25) is 0 Å². The smallest absolute Gasteiger partial charge is 0.340 e. The monoisotopic (exact) mass is 375 g/mol. The van der Waals surface area contributed by atoms with Crippen molar-refractivity contribution in [3.63, 3.8) is 0 Å². The van der Waals surface area contributed by atoms with Gasteiger partial charge in [-0.1, -0.05) is 0 Å². The Hall–Kier alpha value is -2.34. The minimum Gasteiger partial charge on any atom is -0.508 e. The molecule has 0 aliphatic carbocycles. The first-order valence-corrected chi connectivity index (χ1v) is 7.73. The third-order valence-corrected chi connectivity index (χ3v) is 4.35. The lowest BCUT2D eigenvalue weighted by molar-refractivity contribution is 0.405. The zero-order valence-electron chi connectivity index (χ0n) is 12.6. The number of aryl methyl sites for hydroxylation is 1. The summed E-state index contributed by atoms with van der Waals surface area (Å²) in [5, 5.41) is 10.3. The van der Waals surface area contributed by atoms with E-state index in [4.69, 9.17) is 9.15 Å². The summed E-state index contributed by atoms with van der Waals surface area (Å²) in [5.41, 5.74) is 2.17. The van der Waals surface area contributed by atoms with E-state index in [0.717, 1.165) is 16.5 Å². The topological polar surface area (TPSA) is 72.6 Å². The maximum absolute atomic E-state index is 12.3. The van der Waals surface area contributed by atoms with E-state index in [1.54, 1.807) is 25.4 Å². The Kier molecular flexibility index (Phi) is 4.09. The van der Waals surface area contributed by atoms with Crippen LogP contribution in [0.3, 0.4) is 0 Å². The van der Waals surface area contributed by atoms with Gasteiger partial charge in [-0.3, -0.25) is 0 Å². The molecular weight excluding hydrogens is 362 g/mol. The van der Waals surface area contributed by atoms with Crippen molar-refractivity contribution in [3.8, 4) is 11.5 Å². The molecule has 0 fully saturated rings. The van der Waals surface area contributed by atoms with Crippen molar-refractivity contribution < 1.29 is 14.3 Å². The normalized spacial score (nSPS) is 10.9. The number of halogens is 1. The Bertz CT molecular complexity index is 949. The van der Waals surface area contributed by atoms with E-state index in [9.17, 15) is 9.90 Å². The van der Waals surface area contributed by atoms with Gasteiger partial charge in [0.15, 0.2) is 5.75 Å². The van der Waals surface area contributed by atoms with Gasteiger partial charge >= 0.3 is 5.63 Å². The number of hydrogen-bond donors (Lipinski definition) is 1. The summed E-state index contributed by atoms with van der Waals surface area (Å²) in [7, 11) is 1.56. The number of benzene rings is 1. The number of hydrogen-bond acceptors (Lipinski definition) is 5. The molecule has 0 atom stereocenters. The van der Waals surface area contributed by atoms with Crippen molar-refractivity contribution in [2.24, 2.45) is 0 Å². The molecule has 0 saturated carbocycles. The second-order valence-electron chi connectivity index (χ2n) is 5.14. The summed E-state index contributed by atoms with van der Waals surface area (Å²) in [6, 6.07) is 6.56. The number of phenols is 1. The summed E-state index contributed by atoms with van der Waals surface area (Å²) >= 11 is 3.34. The summed E-state index contributed by atoms with van der Waals surface area (Å²) in [6.07, 6.45) is 2.02. The molecule has 5 nitrogen and oxygen atoms in total. The Morgan fingerprint density at radius 3 is 2.87 bits per heavy atom. The van der Waals surface area contributed by atoms with Crippen LogP contribution in [0.4, 0.5) is 0 Å². The van der Waals surface area contributed by atoms with Crippen molar-refractivity contribution in [2.75, 3.05) is 7.11 Å². The van der Waals surface area contributed by atoms with Gasteiger partial charge in [0.1, 0.15) is 15.9 Å². The number of fused-ring (bicyclic) bond motifs is 1. The first-order valence-electron chi connectivity index (χ1n) is 6.94. The SMILES string of the molecule is COc1c(Cc2c(C)c3ccc(O)cc3oc2=O)ccnc1Br. The van der Waals surface area contributed by atoms with Crippen LogP contribution in [-0.4, -0.2) is 17.2 Å². The molecule has 23 heavy (non-hydrogen) atoms. The van der Waals surface area contributed by atoms with Gasteiger partial charge in [-0.05, 0) is 46.6 Å². The molecule has 0 radical (unpaired) electrons. The van der Waals surface area contributed by atoms with Crippen molar-refractivity contribution in [2.45, 2.75) is 13.3 Å². The lowest BCUT2D eigenvalue weighted by atomic mass is 10.00. The second kappa shape index (κ2) is 6.04. The predicted octanol–water partition coefficient (Wildman–Crippen LogP) is 3.56. The van der Waals surface area contributed by atoms with Gasteiger partial charge in [0.05, 0.1) is 7.11 Å². The van der Waals surface area contributed by atoms with Gasteiger partial charge in [-0.15, -0.1) is 0 Å². The minimum atomic E-state index is -0.421. The number of aromatic hydroxyl groups is 1. The highest BCUT2D eigenvalue weighted by atomic mass is 79.9. The van der Waals surface area contributed by atoms with E-state index >= 15 is 0 Å². The molecule has 0 aliphatic rings. The molecule has 2 aromatic heterocycles. The number of ether oxygens (including phenoxy) is 1. The van der Waals surface area contributed by atoms with Crippen LogP contribution in [-0.2, 0) is 6.42 Å². The highest BCUT2D eigenvalue weighted by Crippen LogP contribution is 2.30. The van der Waals surface area contributed by atoms with Crippen molar-refractivity contribution >= 4 is 26.9 Å². The molecule has 0 bridgehead atoms. The van der Waals surface area contributed by atoms with E-state index in [1.165, 1.54) is 6.07 Å².